The maximum absolute atomic E-state index is 13.8. The van der Waals surface area contributed by atoms with Crippen LogP contribution in [0.5, 0.6) is 0 Å². The second-order valence-electron chi connectivity index (χ2n) is 9.55. The van der Waals surface area contributed by atoms with Crippen molar-refractivity contribution < 1.29 is 29.0 Å². The minimum Gasteiger partial charge on any atom is -0.478 e. The van der Waals surface area contributed by atoms with Gasteiger partial charge in [-0.05, 0) is 111 Å². The van der Waals surface area contributed by atoms with Crippen LogP contribution < -0.4 is 10.0 Å². The van der Waals surface area contributed by atoms with Gasteiger partial charge in [-0.2, -0.15) is 0 Å². The lowest BCUT2D eigenvalue weighted by Crippen LogP contribution is -2.41. The summed E-state index contributed by atoms with van der Waals surface area (Å²) in [5, 5.41) is 12.2. The van der Waals surface area contributed by atoms with Gasteiger partial charge in [-0.15, -0.1) is 0 Å². The van der Waals surface area contributed by atoms with Gasteiger partial charge >= 0.3 is 11.9 Å². The van der Waals surface area contributed by atoms with Crippen LogP contribution in [0.15, 0.2) is 84.4 Å². The molecule has 0 saturated carbocycles. The minimum atomic E-state index is -1.11. The molecule has 9 nitrogen and oxygen atoms in total. The van der Waals surface area contributed by atoms with E-state index < -0.39 is 23.8 Å². The molecule has 1 aromatic heterocycles. The van der Waals surface area contributed by atoms with Crippen LogP contribution in [0.1, 0.15) is 44.6 Å². The van der Waals surface area contributed by atoms with Gasteiger partial charge in [-0.1, -0.05) is 11.6 Å². The highest BCUT2D eigenvalue weighted by Gasteiger charge is 2.43. The number of aromatic nitrogens is 1. The number of hydrogen-bond acceptors (Lipinski definition) is 5. The summed E-state index contributed by atoms with van der Waals surface area (Å²) in [6, 6.07) is 21.0. The lowest BCUT2D eigenvalue weighted by molar-refractivity contribution is -0.116. The van der Waals surface area contributed by atoms with E-state index in [-0.39, 0.29) is 17.7 Å². The molecular formula is C32H26ClN3O6. The first-order valence-corrected chi connectivity index (χ1v) is 13.4. The van der Waals surface area contributed by atoms with Gasteiger partial charge in [0.15, 0.2) is 0 Å². The molecule has 0 aliphatic carbocycles. The maximum Gasteiger partial charge on any atom is 0.338 e. The third-order valence-corrected chi connectivity index (χ3v) is 7.13. The summed E-state index contributed by atoms with van der Waals surface area (Å²) in [7, 11) is 0. The molecule has 212 valence electrons. The molecule has 3 aromatic carbocycles. The van der Waals surface area contributed by atoms with E-state index in [0.717, 1.165) is 17.1 Å². The summed E-state index contributed by atoms with van der Waals surface area (Å²) >= 11 is 6.07. The van der Waals surface area contributed by atoms with Crippen molar-refractivity contribution in [1.29, 1.82) is 0 Å². The molecule has 1 fully saturated rings. The van der Waals surface area contributed by atoms with Crippen molar-refractivity contribution >= 4 is 52.8 Å². The molecule has 1 aliphatic heterocycles. The van der Waals surface area contributed by atoms with E-state index in [1.807, 2.05) is 24.5 Å². The van der Waals surface area contributed by atoms with Crippen LogP contribution in [-0.2, 0) is 14.3 Å². The average Bonchev–Trinajstić information content (AvgIpc) is 3.40. The number of aromatic carboxylic acids is 1. The zero-order valence-electron chi connectivity index (χ0n) is 23.0. The maximum atomic E-state index is 13.8. The minimum absolute atomic E-state index is 0.0493. The molecule has 0 unspecified atom stereocenters. The first-order valence-electron chi connectivity index (χ1n) is 13.1. The number of esters is 1. The van der Waals surface area contributed by atoms with Crippen molar-refractivity contribution in [3.63, 3.8) is 0 Å². The van der Waals surface area contributed by atoms with Gasteiger partial charge in [0.2, 0.25) is 0 Å². The number of carboxylic acid groups (broad SMARTS) is 1. The van der Waals surface area contributed by atoms with Gasteiger partial charge in [0.25, 0.3) is 11.8 Å². The van der Waals surface area contributed by atoms with Crippen LogP contribution in [0.25, 0.3) is 11.8 Å². The number of halogens is 1. The number of ether oxygens (including phenoxy) is 1. The fourth-order valence-corrected chi connectivity index (χ4v) is 4.99. The normalized spacial score (nSPS) is 14.1. The quantitative estimate of drug-likeness (QED) is 0.162. The second-order valence-corrected chi connectivity index (χ2v) is 9.99. The molecular weight excluding hydrogens is 558 g/mol. The predicted octanol–water partition coefficient (Wildman–Crippen LogP) is 6.00. The largest absolute Gasteiger partial charge is 0.478 e. The number of hydrazine groups is 1. The van der Waals surface area contributed by atoms with E-state index in [1.54, 1.807) is 61.5 Å². The zero-order chi connectivity index (χ0) is 30.1. The number of hydrogen-bond donors (Lipinski definition) is 1. The van der Waals surface area contributed by atoms with Crippen LogP contribution in [0, 0.1) is 13.8 Å². The highest BCUT2D eigenvalue weighted by Crippen LogP contribution is 2.34. The van der Waals surface area contributed by atoms with Gasteiger partial charge in [-0.25, -0.2) is 19.6 Å². The van der Waals surface area contributed by atoms with Crippen LogP contribution >= 0.6 is 11.6 Å². The van der Waals surface area contributed by atoms with Crippen molar-refractivity contribution in [1.82, 2.24) is 4.57 Å². The van der Waals surface area contributed by atoms with E-state index in [2.05, 4.69) is 0 Å². The van der Waals surface area contributed by atoms with E-state index in [4.69, 9.17) is 16.3 Å². The summed E-state index contributed by atoms with van der Waals surface area (Å²) in [6.07, 6.45) is 1.56. The Kier molecular flexibility index (Phi) is 7.69. The van der Waals surface area contributed by atoms with Gasteiger partial charge in [0.05, 0.1) is 29.1 Å². The van der Waals surface area contributed by atoms with Gasteiger partial charge in [0, 0.05) is 22.1 Å². The van der Waals surface area contributed by atoms with Crippen LogP contribution in [0.4, 0.5) is 11.4 Å². The van der Waals surface area contributed by atoms with E-state index in [0.29, 0.717) is 27.5 Å². The number of carboxylic acids is 1. The average molecular weight is 584 g/mol. The molecule has 2 heterocycles. The lowest BCUT2D eigenvalue weighted by atomic mass is 10.1. The number of anilines is 2. The first kappa shape index (κ1) is 28.4. The van der Waals surface area contributed by atoms with Crippen molar-refractivity contribution in [2.75, 3.05) is 16.6 Å². The topological polar surface area (TPSA) is 109 Å². The summed E-state index contributed by atoms with van der Waals surface area (Å²) < 4.78 is 7.03. The Hall–Kier alpha value is -5.15. The van der Waals surface area contributed by atoms with Crippen LogP contribution in [0.2, 0.25) is 5.02 Å². The highest BCUT2D eigenvalue weighted by atomic mass is 35.5. The molecule has 0 radical (unpaired) electrons. The second kappa shape index (κ2) is 11.4. The molecule has 10 heteroatoms. The molecule has 4 aromatic rings. The summed E-state index contributed by atoms with van der Waals surface area (Å²) in [4.78, 5) is 51.1. The van der Waals surface area contributed by atoms with Crippen LogP contribution in [-0.4, -0.2) is 40.0 Å². The standard InChI is InChI=1S/C32H26ClN3O6/c1-4-42-32(41)22-7-11-25(12-8-22)34-19(2)17-23(20(34)3)18-28-29(37)35(26-13-5-21(6-14-26)31(39)40)36(30(28)38)27-15-9-24(33)10-16-27/h5-18H,4H2,1-3H3,(H,39,40)/b28-18-. The number of benzene rings is 3. The molecule has 1 N–H and O–H groups in total. The number of amides is 2. The Morgan fingerprint density at radius 3 is 1.83 bits per heavy atom. The molecule has 0 spiro atoms. The molecule has 2 amide bonds. The molecule has 42 heavy (non-hydrogen) atoms. The molecule has 0 bridgehead atoms. The first-order chi connectivity index (χ1) is 20.1. The fraction of sp³-hybridized carbons (Fsp3) is 0.125. The van der Waals surface area contributed by atoms with Crippen molar-refractivity contribution in [3.8, 4) is 5.69 Å². The molecule has 5 rings (SSSR count). The van der Waals surface area contributed by atoms with Crippen molar-refractivity contribution in [2.24, 2.45) is 0 Å². The number of nitrogens with zero attached hydrogens (tertiary/aromatic N) is 3. The Morgan fingerprint density at radius 2 is 1.31 bits per heavy atom. The van der Waals surface area contributed by atoms with E-state index in [1.165, 1.54) is 34.3 Å². The predicted molar refractivity (Wildman–Crippen MR) is 159 cm³/mol. The van der Waals surface area contributed by atoms with Gasteiger partial charge < -0.3 is 14.4 Å². The number of carbonyl (C=O) groups excluding carboxylic acids is 3. The smallest absolute Gasteiger partial charge is 0.338 e. The van der Waals surface area contributed by atoms with E-state index >= 15 is 0 Å². The lowest BCUT2D eigenvalue weighted by Gasteiger charge is -2.27. The number of rotatable bonds is 7. The molecule has 1 aliphatic rings. The third-order valence-electron chi connectivity index (χ3n) is 6.88. The Bertz CT molecular complexity index is 1740. The highest BCUT2D eigenvalue weighted by molar-refractivity contribution is 6.38. The fourth-order valence-electron chi connectivity index (χ4n) is 4.87. The Morgan fingerprint density at radius 1 is 0.810 bits per heavy atom. The Labute approximate surface area is 246 Å². The Balaban J connectivity index is 1.55. The monoisotopic (exact) mass is 583 g/mol. The van der Waals surface area contributed by atoms with Crippen molar-refractivity contribution in [2.45, 2.75) is 20.8 Å². The third kappa shape index (κ3) is 5.17. The molecule has 1 saturated heterocycles. The van der Waals surface area contributed by atoms with Crippen molar-refractivity contribution in [3.05, 3.63) is 118 Å². The number of carbonyl (C=O) groups is 4. The zero-order valence-corrected chi connectivity index (χ0v) is 23.8. The summed E-state index contributed by atoms with van der Waals surface area (Å²) in [5.41, 5.74) is 4.26. The number of aryl methyl sites for hydroxylation is 1. The van der Waals surface area contributed by atoms with Gasteiger partial charge in [0.1, 0.15) is 5.57 Å². The summed E-state index contributed by atoms with van der Waals surface area (Å²) in [5.74, 6) is -2.62. The SMILES string of the molecule is CCOC(=O)c1ccc(-n2c(C)cc(/C=C3\C(=O)N(c4ccc(Cl)cc4)N(c4ccc(C(=O)O)cc4)C3=O)c2C)cc1. The van der Waals surface area contributed by atoms with E-state index in [9.17, 15) is 24.3 Å². The molecule has 0 atom stereocenters. The van der Waals surface area contributed by atoms with Crippen LogP contribution in [0.3, 0.4) is 0 Å². The van der Waals surface area contributed by atoms with Gasteiger partial charge in [-0.3, -0.25) is 9.59 Å². The summed E-state index contributed by atoms with van der Waals surface area (Å²) in [6.45, 7) is 5.81.